The van der Waals surface area contributed by atoms with Crippen molar-refractivity contribution < 1.29 is 35.0 Å². The van der Waals surface area contributed by atoms with E-state index in [2.05, 4.69) is 131 Å². The van der Waals surface area contributed by atoms with Gasteiger partial charge in [0.2, 0.25) is 0 Å². The number of hydrogen-bond donors (Lipinski definition) is 0. The van der Waals surface area contributed by atoms with Crippen molar-refractivity contribution in [2.24, 2.45) is 0 Å². The predicted octanol–water partition coefficient (Wildman–Crippen LogP) is 4.38. The van der Waals surface area contributed by atoms with Gasteiger partial charge >= 0.3 is 34.5 Å². The quantitative estimate of drug-likeness (QED) is 0.151. The molecule has 209 valence electrons. The Morgan fingerprint density at radius 2 is 0.692 bits per heavy atom. The van der Waals surface area contributed by atoms with Crippen LogP contribution in [0.4, 0.5) is 12.9 Å². The number of nitrogens with one attached hydrogen (secondary N) is 2. The van der Waals surface area contributed by atoms with Gasteiger partial charge in [0.15, 0.2) is 0 Å². The molecule has 2 nitrogen and oxygen atoms in total. The maximum Gasteiger partial charge on any atom is 0.0966 e. The molecule has 2 N–H and O–H groups in total. The molecular formula is C28H32BClF4N2P2Ru+. The van der Waals surface area contributed by atoms with Crippen LogP contribution in [0.2, 0.25) is 0 Å². The first-order chi connectivity index (χ1) is 18.6. The van der Waals surface area contributed by atoms with Crippen LogP contribution in [-0.4, -0.2) is 33.0 Å². The molecule has 0 aliphatic rings. The standard InChI is InChI=1S/2C14H15NP.BF3.ClH.FH.Ru/c2*15-11-12-16(13-7-3-1-4-8-13)14-9-5-2-6-10-14;2-1(3)4;;;/h2*1-10,15H,11-12H2;;2*1H;/q2*-1;;;;+3. The summed E-state index contributed by atoms with van der Waals surface area (Å²) in [6.07, 6.45) is 1.97. The largest absolute Gasteiger partial charge is 1.00 e. The van der Waals surface area contributed by atoms with E-state index in [-0.39, 0.29) is 4.70 Å². The SMILES string of the molecule is FB(F)F.[Cl][Ru+2].[F-].[NH-]CC[PH+](c1ccccc1)c1ccccc1.[NH-]CC[PH+](c1ccccc1)c1ccccc1. The summed E-state index contributed by atoms with van der Waals surface area (Å²) in [7, 11) is -0.574. The van der Waals surface area contributed by atoms with Gasteiger partial charge in [0.25, 0.3) is 0 Å². The molecule has 0 spiro atoms. The first-order valence-electron chi connectivity index (χ1n) is 11.8. The van der Waals surface area contributed by atoms with Gasteiger partial charge in [0, 0.05) is 12.3 Å². The van der Waals surface area contributed by atoms with Gasteiger partial charge in [-0.25, -0.2) is 0 Å². The van der Waals surface area contributed by atoms with E-state index in [1.165, 1.54) is 21.2 Å². The van der Waals surface area contributed by atoms with Crippen LogP contribution in [0.1, 0.15) is 0 Å². The molecule has 0 radical (unpaired) electrons. The Balaban J connectivity index is 0.000000605. The molecule has 11 heteroatoms. The zero-order chi connectivity index (χ0) is 28.0. The first-order valence-corrected chi connectivity index (χ1v) is 17.5. The minimum atomic E-state index is -3.67. The predicted molar refractivity (Wildman–Crippen MR) is 164 cm³/mol. The van der Waals surface area contributed by atoms with Gasteiger partial charge in [-0.2, -0.15) is 0 Å². The Bertz CT molecular complexity index is 913. The van der Waals surface area contributed by atoms with E-state index in [0.717, 1.165) is 12.3 Å². The van der Waals surface area contributed by atoms with Crippen molar-refractivity contribution in [3.63, 3.8) is 0 Å². The molecule has 4 aromatic carbocycles. The second kappa shape index (κ2) is 24.2. The molecule has 0 aliphatic carbocycles. The molecule has 0 aliphatic heterocycles. The molecule has 0 amide bonds. The summed E-state index contributed by atoms with van der Waals surface area (Å²) in [4.78, 5) is 0. The van der Waals surface area contributed by atoms with E-state index in [4.69, 9.17) is 11.5 Å². The Hall–Kier alpha value is -1.64. The van der Waals surface area contributed by atoms with Gasteiger partial charge in [0.05, 0.1) is 37.1 Å². The van der Waals surface area contributed by atoms with E-state index in [9.17, 15) is 12.9 Å². The van der Waals surface area contributed by atoms with E-state index in [1.54, 1.807) is 0 Å². The zero-order valence-corrected chi connectivity index (χ0v) is 25.7. The van der Waals surface area contributed by atoms with Gasteiger partial charge < -0.3 is 16.2 Å². The van der Waals surface area contributed by atoms with Gasteiger partial charge in [-0.3, -0.25) is 12.9 Å². The average Bonchev–Trinajstić information content (AvgIpc) is 2.97. The maximum absolute atomic E-state index is 9.67. The summed E-state index contributed by atoms with van der Waals surface area (Å²) in [5, 5.41) is 5.63. The number of hydrogen-bond acceptors (Lipinski definition) is 0. The van der Waals surface area contributed by atoms with Crippen LogP contribution < -0.4 is 25.9 Å². The number of rotatable bonds is 8. The minimum absolute atomic E-state index is 0. The monoisotopic (exact) mass is 682 g/mol. The smallest absolute Gasteiger partial charge is 0.0966 e. The number of benzene rings is 4. The molecule has 0 atom stereocenters. The number of halogens is 5. The van der Waals surface area contributed by atoms with Crippen LogP contribution >= 0.6 is 25.5 Å². The summed E-state index contributed by atoms with van der Waals surface area (Å²) < 4.78 is 29.0. The van der Waals surface area contributed by atoms with E-state index >= 15 is 0 Å². The van der Waals surface area contributed by atoms with Crippen molar-refractivity contribution in [2.75, 3.05) is 25.4 Å². The third-order valence-electron chi connectivity index (χ3n) is 5.24. The second-order valence-electron chi connectivity index (χ2n) is 7.67. The molecule has 0 aromatic heterocycles. The Kier molecular flexibility index (Phi) is 23.2. The molecule has 0 saturated carbocycles. The van der Waals surface area contributed by atoms with Crippen molar-refractivity contribution in [1.29, 1.82) is 0 Å². The fourth-order valence-corrected chi connectivity index (χ4v) is 8.42. The van der Waals surface area contributed by atoms with Gasteiger partial charge in [-0.15, -0.1) is 13.1 Å². The van der Waals surface area contributed by atoms with Crippen molar-refractivity contribution >= 4 is 54.3 Å². The summed E-state index contributed by atoms with van der Waals surface area (Å²) in [6.45, 7) is 1.02. The molecule has 4 rings (SSSR count). The van der Waals surface area contributed by atoms with Crippen LogP contribution in [0.3, 0.4) is 0 Å². The summed E-state index contributed by atoms with van der Waals surface area (Å²) in [5.41, 5.74) is 14.9. The molecule has 0 fully saturated rings. The fourth-order valence-electron chi connectivity index (χ4n) is 3.72. The van der Waals surface area contributed by atoms with Crippen LogP contribution in [0.15, 0.2) is 121 Å². The minimum Gasteiger partial charge on any atom is -1.00 e. The summed E-state index contributed by atoms with van der Waals surface area (Å²) in [5.74, 6) is 0. The maximum atomic E-state index is 9.67. The normalized spacial score (nSPS) is 9.54. The van der Waals surface area contributed by atoms with Crippen molar-refractivity contribution in [1.82, 2.24) is 0 Å². The average molecular weight is 682 g/mol. The third kappa shape index (κ3) is 15.7. The van der Waals surface area contributed by atoms with Gasteiger partial charge in [0.1, 0.15) is 0 Å². The Labute approximate surface area is 246 Å². The molecule has 0 heterocycles. The molecule has 0 saturated heterocycles. The molecule has 0 bridgehead atoms. The van der Waals surface area contributed by atoms with E-state index < -0.39 is 23.4 Å². The summed E-state index contributed by atoms with van der Waals surface area (Å²) in [6, 6.07) is 42.5. The van der Waals surface area contributed by atoms with Crippen LogP contribution in [0, 0.1) is 0 Å². The van der Waals surface area contributed by atoms with Crippen molar-refractivity contribution in [3.05, 3.63) is 133 Å². The zero-order valence-electron chi connectivity index (χ0n) is 21.2. The van der Waals surface area contributed by atoms with Crippen molar-refractivity contribution in [2.45, 2.75) is 0 Å². The molecule has 39 heavy (non-hydrogen) atoms. The van der Waals surface area contributed by atoms with Crippen molar-refractivity contribution in [3.8, 4) is 0 Å². The Morgan fingerprint density at radius 3 is 0.846 bits per heavy atom. The molecule has 4 aromatic rings. The fraction of sp³-hybridized carbons (Fsp3) is 0.143. The first kappa shape index (κ1) is 37.4. The molecule has 0 unspecified atom stereocenters. The van der Waals surface area contributed by atoms with E-state index in [1.807, 2.05) is 17.3 Å². The Morgan fingerprint density at radius 1 is 0.513 bits per heavy atom. The van der Waals surface area contributed by atoms with Gasteiger partial charge in [-0.05, 0) is 48.5 Å². The van der Waals surface area contributed by atoms with Crippen LogP contribution in [0.25, 0.3) is 11.5 Å². The molecular weight excluding hydrogens is 650 g/mol. The van der Waals surface area contributed by atoms with Gasteiger partial charge in [-0.1, -0.05) is 72.8 Å². The topological polar surface area (TPSA) is 47.6 Å². The van der Waals surface area contributed by atoms with Crippen LogP contribution in [0.5, 0.6) is 0 Å². The third-order valence-corrected chi connectivity index (χ3v) is 10.9. The van der Waals surface area contributed by atoms with E-state index in [0.29, 0.717) is 13.1 Å². The summed E-state index contributed by atoms with van der Waals surface area (Å²) >= 11 is 1.82. The van der Waals surface area contributed by atoms with Crippen LogP contribution in [-0.2, 0) is 17.3 Å². The second-order valence-corrected chi connectivity index (χ2v) is 12.9.